The molecule has 0 bridgehead atoms. The van der Waals surface area contributed by atoms with E-state index in [0.717, 1.165) is 49.6 Å². The van der Waals surface area contributed by atoms with E-state index in [2.05, 4.69) is 48.1 Å². The van der Waals surface area contributed by atoms with E-state index in [9.17, 15) is 0 Å². The third kappa shape index (κ3) is 11.6. The summed E-state index contributed by atoms with van der Waals surface area (Å²) >= 11 is 0. The molecule has 4 heteroatoms. The Morgan fingerprint density at radius 3 is 1.88 bits per heavy atom. The van der Waals surface area contributed by atoms with Gasteiger partial charge in [-0.1, -0.05) is 89.5 Å². The van der Waals surface area contributed by atoms with Crippen LogP contribution in [0.5, 0.6) is 5.75 Å². The number of rotatable bonds is 19. The van der Waals surface area contributed by atoms with Gasteiger partial charge in [0.15, 0.2) is 11.6 Å². The van der Waals surface area contributed by atoms with Gasteiger partial charge in [0, 0.05) is 18.8 Å². The Hall–Kier alpha value is -1.94. The molecule has 1 aromatic heterocycles. The lowest BCUT2D eigenvalue weighted by molar-refractivity contribution is 0.122. The van der Waals surface area contributed by atoms with Crippen molar-refractivity contribution in [3.63, 3.8) is 0 Å². The molecule has 32 heavy (non-hydrogen) atoms. The molecular formula is C28H44N2O2. The molecule has 0 aliphatic heterocycles. The van der Waals surface area contributed by atoms with E-state index in [1.807, 2.05) is 0 Å². The summed E-state index contributed by atoms with van der Waals surface area (Å²) in [4.78, 5) is 8.97. The Morgan fingerprint density at radius 1 is 0.625 bits per heavy atom. The molecule has 0 radical (unpaired) electrons. The molecular weight excluding hydrogens is 396 g/mol. The van der Waals surface area contributed by atoms with Crippen LogP contribution in [0.4, 0.5) is 0 Å². The van der Waals surface area contributed by atoms with Crippen molar-refractivity contribution >= 4 is 0 Å². The van der Waals surface area contributed by atoms with Gasteiger partial charge in [0.1, 0.15) is 0 Å². The van der Waals surface area contributed by atoms with Crippen LogP contribution in [-0.4, -0.2) is 29.8 Å². The summed E-state index contributed by atoms with van der Waals surface area (Å²) in [5.74, 6) is 1.48. The van der Waals surface area contributed by atoms with Crippen LogP contribution in [0.3, 0.4) is 0 Å². The molecule has 2 aromatic rings. The third-order valence-corrected chi connectivity index (χ3v) is 5.75. The zero-order valence-corrected chi connectivity index (χ0v) is 20.5. The zero-order chi connectivity index (χ0) is 22.7. The van der Waals surface area contributed by atoms with Gasteiger partial charge in [-0.25, -0.2) is 9.97 Å². The average Bonchev–Trinajstić information content (AvgIpc) is 2.83. The number of hydrogen-bond acceptors (Lipinski definition) is 4. The SMILES string of the molecule is CCCCCCCCc1ccc(-c2ncc(OCCCCOCCCCCC)cn2)cc1. The van der Waals surface area contributed by atoms with Gasteiger partial charge in [0.05, 0.1) is 19.0 Å². The lowest BCUT2D eigenvalue weighted by Gasteiger charge is -2.07. The number of benzene rings is 1. The molecule has 0 saturated carbocycles. The lowest BCUT2D eigenvalue weighted by atomic mass is 10.0. The van der Waals surface area contributed by atoms with Crippen molar-refractivity contribution < 1.29 is 9.47 Å². The van der Waals surface area contributed by atoms with Gasteiger partial charge in [-0.2, -0.15) is 0 Å². The molecule has 0 spiro atoms. The van der Waals surface area contributed by atoms with E-state index in [1.54, 1.807) is 12.4 Å². The molecule has 1 aromatic carbocycles. The van der Waals surface area contributed by atoms with Gasteiger partial charge in [-0.3, -0.25) is 0 Å². The van der Waals surface area contributed by atoms with Gasteiger partial charge >= 0.3 is 0 Å². The van der Waals surface area contributed by atoms with Crippen LogP contribution < -0.4 is 4.74 Å². The van der Waals surface area contributed by atoms with Crippen LogP contribution in [0.2, 0.25) is 0 Å². The fourth-order valence-electron chi connectivity index (χ4n) is 3.70. The van der Waals surface area contributed by atoms with Crippen molar-refractivity contribution in [2.75, 3.05) is 19.8 Å². The smallest absolute Gasteiger partial charge is 0.159 e. The largest absolute Gasteiger partial charge is 0.490 e. The number of unbranched alkanes of at least 4 members (excludes halogenated alkanes) is 9. The van der Waals surface area contributed by atoms with E-state index in [4.69, 9.17) is 9.47 Å². The molecule has 0 saturated heterocycles. The molecule has 0 atom stereocenters. The summed E-state index contributed by atoms with van der Waals surface area (Å²) < 4.78 is 11.4. The third-order valence-electron chi connectivity index (χ3n) is 5.75. The maximum atomic E-state index is 5.77. The number of aromatic nitrogens is 2. The minimum Gasteiger partial charge on any atom is -0.490 e. The van der Waals surface area contributed by atoms with Crippen molar-refractivity contribution in [3.8, 4) is 17.1 Å². The second kappa shape index (κ2) is 17.6. The number of ether oxygens (including phenoxy) is 2. The second-order valence-electron chi connectivity index (χ2n) is 8.69. The van der Waals surface area contributed by atoms with Crippen LogP contribution in [0.15, 0.2) is 36.7 Å². The van der Waals surface area contributed by atoms with Crippen molar-refractivity contribution in [1.82, 2.24) is 9.97 Å². The van der Waals surface area contributed by atoms with Gasteiger partial charge in [0.2, 0.25) is 0 Å². The minimum atomic E-state index is 0.676. The molecule has 4 nitrogen and oxygen atoms in total. The van der Waals surface area contributed by atoms with Gasteiger partial charge < -0.3 is 9.47 Å². The summed E-state index contributed by atoms with van der Waals surface area (Å²) in [7, 11) is 0. The Kier molecular flexibility index (Phi) is 14.5. The number of aryl methyl sites for hydroxylation is 1. The Labute approximate surface area is 196 Å². The van der Waals surface area contributed by atoms with Crippen molar-refractivity contribution in [3.05, 3.63) is 42.2 Å². The predicted octanol–water partition coefficient (Wildman–Crippen LogP) is 7.80. The highest BCUT2D eigenvalue weighted by Crippen LogP contribution is 2.19. The summed E-state index contributed by atoms with van der Waals surface area (Å²) in [5, 5.41) is 0. The quantitative estimate of drug-likeness (QED) is 0.209. The van der Waals surface area contributed by atoms with Crippen LogP contribution in [-0.2, 0) is 11.2 Å². The normalized spacial score (nSPS) is 11.1. The van der Waals surface area contributed by atoms with E-state index < -0.39 is 0 Å². The van der Waals surface area contributed by atoms with E-state index >= 15 is 0 Å². The maximum absolute atomic E-state index is 5.77. The molecule has 1 heterocycles. The Morgan fingerprint density at radius 2 is 1.19 bits per heavy atom. The highest BCUT2D eigenvalue weighted by molar-refractivity contribution is 5.55. The van der Waals surface area contributed by atoms with Crippen LogP contribution >= 0.6 is 0 Å². The fourth-order valence-corrected chi connectivity index (χ4v) is 3.70. The van der Waals surface area contributed by atoms with Crippen LogP contribution in [0.25, 0.3) is 11.4 Å². The second-order valence-corrected chi connectivity index (χ2v) is 8.69. The van der Waals surface area contributed by atoms with Crippen LogP contribution in [0.1, 0.15) is 96.5 Å². The molecule has 0 N–H and O–H groups in total. The first-order valence-corrected chi connectivity index (χ1v) is 13.0. The molecule has 2 rings (SSSR count). The standard InChI is InChI=1S/C28H44N2O2/c1-3-5-7-9-10-11-15-25-16-18-26(19-17-25)28-29-23-27(24-30-28)32-22-14-13-21-31-20-12-8-6-4-2/h16-19,23-24H,3-15,20-22H2,1-2H3. The summed E-state index contributed by atoms with van der Waals surface area (Å²) in [6, 6.07) is 8.68. The molecule has 178 valence electrons. The predicted molar refractivity (Wildman–Crippen MR) is 134 cm³/mol. The van der Waals surface area contributed by atoms with Crippen molar-refractivity contribution in [1.29, 1.82) is 0 Å². The fraction of sp³-hybridized carbons (Fsp3) is 0.643. The molecule has 0 aliphatic carbocycles. The van der Waals surface area contributed by atoms with E-state index in [0.29, 0.717) is 6.61 Å². The average molecular weight is 441 g/mol. The van der Waals surface area contributed by atoms with Gasteiger partial charge in [-0.05, 0) is 37.7 Å². The highest BCUT2D eigenvalue weighted by Gasteiger charge is 2.03. The summed E-state index contributed by atoms with van der Waals surface area (Å²) in [6.45, 7) is 6.87. The summed E-state index contributed by atoms with van der Waals surface area (Å²) in [6.07, 6.45) is 19.8. The highest BCUT2D eigenvalue weighted by atomic mass is 16.5. The lowest BCUT2D eigenvalue weighted by Crippen LogP contribution is -2.02. The zero-order valence-electron chi connectivity index (χ0n) is 20.5. The Bertz CT molecular complexity index is 686. The first kappa shape index (κ1) is 26.3. The number of nitrogens with zero attached hydrogens (tertiary/aromatic N) is 2. The first-order chi connectivity index (χ1) is 15.8. The maximum Gasteiger partial charge on any atom is 0.159 e. The van der Waals surface area contributed by atoms with Crippen molar-refractivity contribution in [2.24, 2.45) is 0 Å². The topological polar surface area (TPSA) is 44.2 Å². The van der Waals surface area contributed by atoms with Gasteiger partial charge in [0.25, 0.3) is 0 Å². The van der Waals surface area contributed by atoms with Crippen molar-refractivity contribution in [2.45, 2.75) is 97.3 Å². The monoisotopic (exact) mass is 440 g/mol. The molecule has 0 unspecified atom stereocenters. The van der Waals surface area contributed by atoms with E-state index in [-0.39, 0.29) is 0 Å². The minimum absolute atomic E-state index is 0.676. The first-order valence-electron chi connectivity index (χ1n) is 13.0. The number of hydrogen-bond donors (Lipinski definition) is 0. The van der Waals surface area contributed by atoms with E-state index in [1.165, 1.54) is 69.8 Å². The molecule has 0 amide bonds. The van der Waals surface area contributed by atoms with Crippen LogP contribution in [0, 0.1) is 0 Å². The Balaban J connectivity index is 1.59. The summed E-state index contributed by atoms with van der Waals surface area (Å²) in [5.41, 5.74) is 2.45. The molecule has 0 aliphatic rings. The molecule has 0 fully saturated rings. The van der Waals surface area contributed by atoms with Gasteiger partial charge in [-0.15, -0.1) is 0 Å².